The number of benzene rings is 1. The van der Waals surface area contributed by atoms with Crippen LogP contribution in [0, 0.1) is 0 Å². The van der Waals surface area contributed by atoms with Gasteiger partial charge in [0.2, 0.25) is 5.91 Å². The maximum absolute atomic E-state index is 12.1. The Morgan fingerprint density at radius 3 is 2.86 bits per heavy atom. The highest BCUT2D eigenvalue weighted by atomic mass is 35.5. The van der Waals surface area contributed by atoms with Crippen LogP contribution in [0.15, 0.2) is 40.9 Å². The van der Waals surface area contributed by atoms with Crippen molar-refractivity contribution in [2.45, 2.75) is 38.0 Å². The van der Waals surface area contributed by atoms with Crippen LogP contribution in [0.2, 0.25) is 0 Å². The molecule has 1 aliphatic heterocycles. The first-order chi connectivity index (χ1) is 13.6. The van der Waals surface area contributed by atoms with Gasteiger partial charge in [-0.25, -0.2) is 0 Å². The average molecular weight is 421 g/mol. The van der Waals surface area contributed by atoms with E-state index < -0.39 is 5.97 Å². The highest BCUT2D eigenvalue weighted by Gasteiger charge is 2.22. The van der Waals surface area contributed by atoms with Gasteiger partial charge in [0.1, 0.15) is 0 Å². The van der Waals surface area contributed by atoms with Gasteiger partial charge in [-0.3, -0.25) is 14.6 Å². The van der Waals surface area contributed by atoms with Gasteiger partial charge in [0.05, 0.1) is 13.0 Å². The first-order valence-electron chi connectivity index (χ1n) is 9.88. The third-order valence-electron chi connectivity index (χ3n) is 5.10. The number of nitrogens with zero attached hydrogens (tertiary/aromatic N) is 1. The number of hydrogen-bond donors (Lipinski definition) is 4. The Morgan fingerprint density at radius 2 is 2.10 bits per heavy atom. The van der Waals surface area contributed by atoms with Crippen LogP contribution in [0.4, 0.5) is 0 Å². The minimum Gasteiger partial charge on any atom is -0.481 e. The van der Waals surface area contributed by atoms with E-state index in [9.17, 15) is 14.7 Å². The van der Waals surface area contributed by atoms with E-state index in [0.717, 1.165) is 43.0 Å². The second-order valence-electron chi connectivity index (χ2n) is 7.23. The molecule has 3 rings (SSSR count). The molecule has 0 bridgehead atoms. The molecule has 2 aliphatic rings. The number of carbonyl (C=O) groups excluding carboxylic acids is 1. The van der Waals surface area contributed by atoms with E-state index in [1.54, 1.807) is 0 Å². The predicted octanol–water partition coefficient (Wildman–Crippen LogP) is 1.98. The second-order valence-corrected chi connectivity index (χ2v) is 7.23. The summed E-state index contributed by atoms with van der Waals surface area (Å²) in [4.78, 5) is 27.7. The number of carboxylic acids is 1. The van der Waals surface area contributed by atoms with E-state index in [-0.39, 0.29) is 30.7 Å². The Bertz CT molecular complexity index is 779. The van der Waals surface area contributed by atoms with Crippen molar-refractivity contribution in [1.82, 2.24) is 16.0 Å². The number of aliphatic carboxylic acids is 1. The normalized spacial score (nSPS) is 17.6. The van der Waals surface area contributed by atoms with Crippen LogP contribution in [-0.2, 0) is 16.0 Å². The Morgan fingerprint density at radius 1 is 1.28 bits per heavy atom. The van der Waals surface area contributed by atoms with Gasteiger partial charge in [-0.2, -0.15) is 0 Å². The number of halogens is 1. The van der Waals surface area contributed by atoms with Crippen molar-refractivity contribution in [2.24, 2.45) is 4.99 Å². The van der Waals surface area contributed by atoms with Crippen molar-refractivity contribution in [3.05, 3.63) is 47.0 Å². The molecule has 8 heteroatoms. The molecule has 29 heavy (non-hydrogen) atoms. The summed E-state index contributed by atoms with van der Waals surface area (Å²) in [6, 6.07) is 8.02. The Hall–Kier alpha value is -2.54. The van der Waals surface area contributed by atoms with Crippen LogP contribution in [0.1, 0.15) is 42.7 Å². The Kier molecular flexibility index (Phi) is 8.99. The van der Waals surface area contributed by atoms with Crippen LogP contribution in [-0.4, -0.2) is 49.1 Å². The highest BCUT2D eigenvalue weighted by molar-refractivity contribution is 5.85. The van der Waals surface area contributed by atoms with Gasteiger partial charge < -0.3 is 21.1 Å². The summed E-state index contributed by atoms with van der Waals surface area (Å²) >= 11 is 0. The lowest BCUT2D eigenvalue weighted by Crippen LogP contribution is -2.35. The summed E-state index contributed by atoms with van der Waals surface area (Å²) in [6.07, 6.45) is 4.86. The zero-order valence-corrected chi connectivity index (χ0v) is 17.3. The highest BCUT2D eigenvalue weighted by Crippen LogP contribution is 2.33. The topological polar surface area (TPSA) is 103 Å². The zero-order valence-electron chi connectivity index (χ0n) is 16.4. The molecule has 1 unspecified atom stereocenters. The van der Waals surface area contributed by atoms with Crippen molar-refractivity contribution in [3.8, 4) is 0 Å². The molecule has 1 aliphatic carbocycles. The fourth-order valence-corrected chi connectivity index (χ4v) is 3.69. The van der Waals surface area contributed by atoms with Crippen LogP contribution in [0.25, 0.3) is 0 Å². The number of hydrogen-bond acceptors (Lipinski definition) is 5. The zero-order chi connectivity index (χ0) is 19.8. The lowest BCUT2D eigenvalue weighted by atomic mass is 9.88. The molecule has 0 fully saturated rings. The number of amides is 1. The summed E-state index contributed by atoms with van der Waals surface area (Å²) < 4.78 is 0. The number of allylic oxidation sites excluding steroid dienone is 1. The first-order valence-corrected chi connectivity index (χ1v) is 9.88. The van der Waals surface area contributed by atoms with Crippen LogP contribution >= 0.6 is 12.4 Å². The summed E-state index contributed by atoms with van der Waals surface area (Å²) in [5.74, 6) is -0.0178. The molecule has 0 saturated heterocycles. The number of rotatable bonds is 8. The maximum atomic E-state index is 12.1. The molecule has 1 heterocycles. The van der Waals surface area contributed by atoms with Crippen LogP contribution in [0.3, 0.4) is 0 Å². The first kappa shape index (κ1) is 22.7. The van der Waals surface area contributed by atoms with Gasteiger partial charge >= 0.3 is 5.97 Å². The molecule has 1 atom stereocenters. The average Bonchev–Trinajstić information content (AvgIpc) is 3.14. The van der Waals surface area contributed by atoms with Gasteiger partial charge in [-0.1, -0.05) is 35.9 Å². The van der Waals surface area contributed by atoms with Crippen molar-refractivity contribution in [1.29, 1.82) is 0 Å². The fraction of sp³-hybridized carbons (Fsp3) is 0.476. The summed E-state index contributed by atoms with van der Waals surface area (Å²) in [7, 11) is 0. The third kappa shape index (κ3) is 7.09. The summed E-state index contributed by atoms with van der Waals surface area (Å²) in [5.41, 5.74) is 3.38. The smallest absolute Gasteiger partial charge is 0.303 e. The predicted molar refractivity (Wildman–Crippen MR) is 116 cm³/mol. The molecule has 1 aromatic carbocycles. The minimum absolute atomic E-state index is 0. The van der Waals surface area contributed by atoms with Gasteiger partial charge in [0.25, 0.3) is 0 Å². The van der Waals surface area contributed by atoms with E-state index >= 15 is 0 Å². The van der Waals surface area contributed by atoms with Crippen molar-refractivity contribution in [3.63, 3.8) is 0 Å². The number of fused-ring (bicyclic) bond motifs is 1. The molecule has 0 aromatic heterocycles. The quantitative estimate of drug-likeness (QED) is 0.380. The molecule has 158 valence electrons. The van der Waals surface area contributed by atoms with Gasteiger partial charge in [0.15, 0.2) is 5.96 Å². The fourth-order valence-electron chi connectivity index (χ4n) is 3.69. The Balaban J connectivity index is 0.00000300. The largest absolute Gasteiger partial charge is 0.481 e. The molecule has 7 nitrogen and oxygen atoms in total. The van der Waals surface area contributed by atoms with E-state index in [1.807, 2.05) is 18.2 Å². The third-order valence-corrected chi connectivity index (χ3v) is 5.10. The number of carbonyl (C=O) groups is 2. The molecule has 0 spiro atoms. The molecule has 0 radical (unpaired) electrons. The molecule has 0 saturated carbocycles. The van der Waals surface area contributed by atoms with Gasteiger partial charge in [-0.05, 0) is 36.3 Å². The van der Waals surface area contributed by atoms with Crippen molar-refractivity contribution >= 4 is 30.2 Å². The Labute approximate surface area is 177 Å². The number of aliphatic imine (C=N–C) groups is 1. The number of guanidine groups is 1. The molecular formula is C21H29ClN4O3. The van der Waals surface area contributed by atoms with Crippen LogP contribution in [0.5, 0.6) is 0 Å². The van der Waals surface area contributed by atoms with E-state index in [2.05, 4.69) is 33.1 Å². The lowest BCUT2D eigenvalue weighted by molar-refractivity contribution is -0.137. The number of carboxylic acid groups (broad SMARTS) is 1. The van der Waals surface area contributed by atoms with E-state index in [1.165, 1.54) is 5.56 Å². The van der Waals surface area contributed by atoms with Crippen LogP contribution < -0.4 is 16.0 Å². The lowest BCUT2D eigenvalue weighted by Gasteiger charge is -2.17. The summed E-state index contributed by atoms with van der Waals surface area (Å²) in [5, 5.41) is 18.6. The van der Waals surface area contributed by atoms with E-state index in [4.69, 9.17) is 0 Å². The molecule has 1 amide bonds. The summed E-state index contributed by atoms with van der Waals surface area (Å²) in [6.45, 7) is 2.85. The van der Waals surface area contributed by atoms with Crippen molar-refractivity contribution < 1.29 is 14.7 Å². The van der Waals surface area contributed by atoms with E-state index in [0.29, 0.717) is 25.9 Å². The molecule has 1 aromatic rings. The molecular weight excluding hydrogens is 392 g/mol. The minimum atomic E-state index is -0.793. The van der Waals surface area contributed by atoms with Crippen molar-refractivity contribution in [2.75, 3.05) is 26.2 Å². The maximum Gasteiger partial charge on any atom is 0.303 e. The van der Waals surface area contributed by atoms with Gasteiger partial charge in [-0.15, -0.1) is 12.4 Å². The number of nitrogens with one attached hydrogen (secondary N) is 3. The standard InChI is InChI=1S/C21H28N4O3.ClH/c26-19(6-3-9-22-21-23-10-11-24-21)25-14-15-7-8-16-4-1-2-5-18(16)17(12-15)13-20(27)28;/h1-2,4-5,7,17H,3,6,8-14H2,(H,25,26)(H,27,28)(H2,22,23,24);1H. The second kappa shape index (κ2) is 11.5. The SMILES string of the molecule is Cl.O=C(O)CC1CC(CNC(=O)CCCNC2=NCCN2)=CCc2ccccc21. The monoisotopic (exact) mass is 420 g/mol. The molecule has 4 N–H and O–H groups in total. The van der Waals surface area contributed by atoms with Gasteiger partial charge in [0, 0.05) is 26.1 Å².